The van der Waals surface area contributed by atoms with Crippen molar-refractivity contribution in [3.8, 4) is 0 Å². The van der Waals surface area contributed by atoms with Crippen LogP contribution in [-0.4, -0.2) is 29.3 Å². The number of hydrogen-bond acceptors (Lipinski definition) is 3. The van der Waals surface area contributed by atoms with Crippen molar-refractivity contribution in [2.75, 3.05) is 13.1 Å². The zero-order valence-corrected chi connectivity index (χ0v) is 15.2. The molecule has 122 valence electrons. The Bertz CT molecular complexity index is 758. The van der Waals surface area contributed by atoms with Crippen molar-refractivity contribution in [1.29, 1.82) is 0 Å². The second-order valence-electron chi connectivity index (χ2n) is 7.48. The number of ketones is 1. The van der Waals surface area contributed by atoms with E-state index in [9.17, 15) is 4.79 Å². The van der Waals surface area contributed by atoms with E-state index in [2.05, 4.69) is 18.7 Å². The Morgan fingerprint density at radius 1 is 1.35 bits per heavy atom. The van der Waals surface area contributed by atoms with Crippen LogP contribution >= 0.6 is 22.9 Å². The maximum Gasteiger partial charge on any atom is 0.173 e. The van der Waals surface area contributed by atoms with Crippen LogP contribution in [-0.2, 0) is 0 Å². The Balaban J connectivity index is 1.60. The van der Waals surface area contributed by atoms with E-state index < -0.39 is 0 Å². The predicted molar refractivity (Wildman–Crippen MR) is 97.6 cm³/mol. The lowest BCUT2D eigenvalue weighted by Crippen LogP contribution is -2.61. The van der Waals surface area contributed by atoms with Gasteiger partial charge in [-0.1, -0.05) is 23.7 Å². The molecule has 1 aromatic heterocycles. The van der Waals surface area contributed by atoms with E-state index in [0.717, 1.165) is 20.0 Å². The number of benzene rings is 1. The van der Waals surface area contributed by atoms with Crippen molar-refractivity contribution < 1.29 is 4.79 Å². The summed E-state index contributed by atoms with van der Waals surface area (Å²) in [5.74, 6) is 1.46. The molecule has 0 unspecified atom stereocenters. The highest BCUT2D eigenvalue weighted by Gasteiger charge is 2.47. The Morgan fingerprint density at radius 2 is 2.09 bits per heavy atom. The molecule has 0 aliphatic carbocycles. The minimum absolute atomic E-state index is 0.144. The maximum absolute atomic E-state index is 12.9. The van der Waals surface area contributed by atoms with E-state index in [1.54, 1.807) is 11.3 Å². The summed E-state index contributed by atoms with van der Waals surface area (Å²) in [5.41, 5.74) is 0.144. The molecule has 4 heteroatoms. The molecular weight excluding hydrogens is 326 g/mol. The first-order valence-electron chi connectivity index (χ1n) is 8.43. The summed E-state index contributed by atoms with van der Waals surface area (Å²) in [6, 6.07) is 7.89. The van der Waals surface area contributed by atoms with Crippen LogP contribution in [0.25, 0.3) is 10.1 Å². The smallest absolute Gasteiger partial charge is 0.173 e. The summed E-state index contributed by atoms with van der Waals surface area (Å²) in [4.78, 5) is 16.3. The van der Waals surface area contributed by atoms with Crippen molar-refractivity contribution in [3.63, 3.8) is 0 Å². The van der Waals surface area contributed by atoms with Gasteiger partial charge in [0.2, 0.25) is 0 Å². The van der Waals surface area contributed by atoms with Crippen LogP contribution < -0.4 is 0 Å². The Morgan fingerprint density at radius 3 is 2.74 bits per heavy atom. The molecule has 2 aromatic rings. The fourth-order valence-corrected chi connectivity index (χ4v) is 5.88. The zero-order chi connectivity index (χ0) is 16.2. The van der Waals surface area contributed by atoms with E-state index in [0.29, 0.717) is 18.3 Å². The van der Waals surface area contributed by atoms with E-state index in [-0.39, 0.29) is 11.3 Å². The number of piperidine rings is 3. The van der Waals surface area contributed by atoms with Gasteiger partial charge >= 0.3 is 0 Å². The molecule has 2 nitrogen and oxygen atoms in total. The van der Waals surface area contributed by atoms with Crippen LogP contribution in [0.3, 0.4) is 0 Å². The topological polar surface area (TPSA) is 20.3 Å². The summed E-state index contributed by atoms with van der Waals surface area (Å²) in [6.07, 6.45) is 3.16. The molecule has 1 atom stereocenters. The minimum atomic E-state index is 0.144. The van der Waals surface area contributed by atoms with Gasteiger partial charge in [-0.3, -0.25) is 9.69 Å². The van der Waals surface area contributed by atoms with Crippen LogP contribution in [0.2, 0.25) is 5.02 Å². The summed E-state index contributed by atoms with van der Waals surface area (Å²) in [5, 5.41) is 1.83. The van der Waals surface area contributed by atoms with Crippen LogP contribution in [0.4, 0.5) is 0 Å². The number of Topliss-reactive ketones (excluding diaryl/α,β-unsaturated/α-hetero) is 1. The van der Waals surface area contributed by atoms with Gasteiger partial charge in [0.1, 0.15) is 0 Å². The number of hydrogen-bond donors (Lipinski definition) is 0. The molecular formula is C19H22ClNOS. The van der Waals surface area contributed by atoms with Crippen molar-refractivity contribution in [3.05, 3.63) is 34.2 Å². The average Bonchev–Trinajstić information content (AvgIpc) is 2.97. The van der Waals surface area contributed by atoms with Gasteiger partial charge in [-0.25, -0.2) is 0 Å². The third-order valence-corrected chi connectivity index (χ3v) is 7.66. The highest BCUT2D eigenvalue weighted by atomic mass is 35.5. The Labute approximate surface area is 146 Å². The average molecular weight is 348 g/mol. The molecule has 5 rings (SSSR count). The van der Waals surface area contributed by atoms with E-state index in [1.807, 2.05) is 24.3 Å². The van der Waals surface area contributed by atoms with E-state index in [4.69, 9.17) is 11.6 Å². The van der Waals surface area contributed by atoms with Gasteiger partial charge in [0.15, 0.2) is 5.78 Å². The lowest BCUT2D eigenvalue weighted by Gasteiger charge is -2.56. The third-order valence-electron chi connectivity index (χ3n) is 6.01. The molecule has 3 aliphatic heterocycles. The van der Waals surface area contributed by atoms with Gasteiger partial charge in [-0.05, 0) is 69.1 Å². The number of carbonyl (C=O) groups excluding carboxylic acids is 1. The minimum Gasteiger partial charge on any atom is -0.298 e. The van der Waals surface area contributed by atoms with Crippen LogP contribution in [0, 0.1) is 11.8 Å². The quantitative estimate of drug-likeness (QED) is 0.707. The lowest BCUT2D eigenvalue weighted by molar-refractivity contribution is -0.0643. The van der Waals surface area contributed by atoms with Crippen molar-refractivity contribution in [2.45, 2.75) is 38.6 Å². The standard InChI is InChI=1S/C19H22ClNOS/c1-19(2)14(12-6-8-21(19)9-7-12)11-16(22)17-10-13-4-3-5-15(20)18(13)23-17/h3-5,10,12,14H,6-9,11H2,1-2H3/t14-/m1/s1. The largest absolute Gasteiger partial charge is 0.298 e. The molecule has 0 amide bonds. The van der Waals surface area contributed by atoms with Crippen molar-refractivity contribution in [2.24, 2.45) is 11.8 Å². The highest BCUT2D eigenvalue weighted by Crippen LogP contribution is 2.46. The zero-order valence-electron chi connectivity index (χ0n) is 13.6. The summed E-state index contributed by atoms with van der Waals surface area (Å²) in [6.45, 7) is 7.03. The monoisotopic (exact) mass is 347 g/mol. The second kappa shape index (κ2) is 5.58. The first-order chi connectivity index (χ1) is 11.0. The Hall–Kier alpha value is -0.900. The van der Waals surface area contributed by atoms with Gasteiger partial charge in [-0.2, -0.15) is 0 Å². The molecule has 2 bridgehead atoms. The summed E-state index contributed by atoms with van der Waals surface area (Å²) in [7, 11) is 0. The fraction of sp³-hybridized carbons (Fsp3) is 0.526. The molecule has 3 saturated heterocycles. The molecule has 23 heavy (non-hydrogen) atoms. The summed E-state index contributed by atoms with van der Waals surface area (Å²) >= 11 is 7.80. The van der Waals surface area contributed by atoms with E-state index >= 15 is 0 Å². The molecule has 0 saturated carbocycles. The van der Waals surface area contributed by atoms with Crippen molar-refractivity contribution in [1.82, 2.24) is 4.90 Å². The van der Waals surface area contributed by atoms with Crippen LogP contribution in [0.5, 0.6) is 0 Å². The number of carbonyl (C=O) groups is 1. The highest BCUT2D eigenvalue weighted by molar-refractivity contribution is 7.21. The molecule has 0 N–H and O–H groups in total. The second-order valence-corrected chi connectivity index (χ2v) is 8.94. The number of rotatable bonds is 3. The summed E-state index contributed by atoms with van der Waals surface area (Å²) < 4.78 is 1.03. The Kier molecular flexibility index (Phi) is 3.79. The number of thiophene rings is 1. The van der Waals surface area contributed by atoms with Gasteiger partial charge in [0.25, 0.3) is 0 Å². The molecule has 4 heterocycles. The van der Waals surface area contributed by atoms with Crippen molar-refractivity contribution >= 4 is 38.8 Å². The molecule has 3 fully saturated rings. The van der Waals surface area contributed by atoms with Crippen LogP contribution in [0.1, 0.15) is 42.8 Å². The lowest BCUT2D eigenvalue weighted by atomic mass is 9.65. The van der Waals surface area contributed by atoms with Gasteiger partial charge < -0.3 is 0 Å². The first-order valence-corrected chi connectivity index (χ1v) is 9.62. The van der Waals surface area contributed by atoms with Gasteiger partial charge in [0, 0.05) is 12.0 Å². The normalized spacial score (nSPS) is 29.1. The number of nitrogens with zero attached hydrogens (tertiary/aromatic N) is 1. The number of fused-ring (bicyclic) bond motifs is 4. The SMILES string of the molecule is CC1(C)[C@H](CC(=O)c2cc3cccc(Cl)c3s2)C2CCN1CC2. The molecule has 0 spiro atoms. The third kappa shape index (κ3) is 2.54. The molecule has 3 aliphatic rings. The molecule has 1 aromatic carbocycles. The first kappa shape index (κ1) is 15.6. The van der Waals surface area contributed by atoms with Gasteiger partial charge in [-0.15, -0.1) is 11.3 Å². The maximum atomic E-state index is 12.9. The predicted octanol–water partition coefficient (Wildman–Crippen LogP) is 5.25. The van der Waals surface area contributed by atoms with Gasteiger partial charge in [0.05, 0.1) is 14.6 Å². The molecule has 0 radical (unpaired) electrons. The number of halogens is 1. The van der Waals surface area contributed by atoms with E-state index in [1.165, 1.54) is 25.9 Å². The fourth-order valence-electron chi connectivity index (χ4n) is 4.57. The van der Waals surface area contributed by atoms with Crippen LogP contribution in [0.15, 0.2) is 24.3 Å².